The third-order valence-electron chi connectivity index (χ3n) is 5.00. The highest BCUT2D eigenvalue weighted by molar-refractivity contribution is 5.80. The van der Waals surface area contributed by atoms with Crippen molar-refractivity contribution in [1.82, 2.24) is 4.90 Å². The summed E-state index contributed by atoms with van der Waals surface area (Å²) in [5, 5.41) is 9.89. The number of carbonyl (C=O) groups is 1. The van der Waals surface area contributed by atoms with Crippen LogP contribution in [0.25, 0.3) is 5.57 Å². The fourth-order valence-electron chi connectivity index (χ4n) is 3.78. The van der Waals surface area contributed by atoms with Crippen LogP contribution in [-0.4, -0.2) is 22.6 Å². The highest BCUT2D eigenvalue weighted by Crippen LogP contribution is 2.51. The highest BCUT2D eigenvalue weighted by atomic mass is 19.1. The third-order valence-corrected chi connectivity index (χ3v) is 5.00. The minimum atomic E-state index is -1.10. The van der Waals surface area contributed by atoms with Crippen molar-refractivity contribution in [2.24, 2.45) is 5.41 Å². The number of halogens is 2. The first-order valence-corrected chi connectivity index (χ1v) is 8.40. The molecule has 1 atom stereocenters. The molecule has 1 N–H and O–H groups in total. The lowest BCUT2D eigenvalue weighted by molar-refractivity contribution is 0.0504. The fraction of sp³-hybridized carbons (Fsp3) is 0.286. The van der Waals surface area contributed by atoms with Crippen molar-refractivity contribution in [3.8, 4) is 0 Å². The smallest absolute Gasteiger partial charge is 0.408 e. The second-order valence-corrected chi connectivity index (χ2v) is 7.54. The summed E-state index contributed by atoms with van der Waals surface area (Å²) in [6.45, 7) is 5.81. The molecule has 5 heteroatoms. The van der Waals surface area contributed by atoms with E-state index in [2.05, 4.69) is 0 Å². The topological polar surface area (TPSA) is 40.5 Å². The molecule has 0 aromatic heterocycles. The van der Waals surface area contributed by atoms with E-state index in [0.717, 1.165) is 23.8 Å². The Labute approximate surface area is 151 Å². The molecule has 0 aliphatic carbocycles. The molecule has 2 aromatic rings. The number of carboxylic acid groups (broad SMARTS) is 1. The van der Waals surface area contributed by atoms with Gasteiger partial charge < -0.3 is 5.11 Å². The summed E-state index contributed by atoms with van der Waals surface area (Å²) in [5.41, 5.74) is -0.157. The molecule has 1 amide bonds. The summed E-state index contributed by atoms with van der Waals surface area (Å²) in [5.74, 6) is -1.13. The summed E-state index contributed by atoms with van der Waals surface area (Å²) in [7, 11) is 0. The van der Waals surface area contributed by atoms with Crippen LogP contribution in [0.15, 0.2) is 54.6 Å². The molecule has 0 saturated carbocycles. The summed E-state index contributed by atoms with van der Waals surface area (Å²) in [4.78, 5) is 13.4. The molecule has 0 spiro atoms. The first-order valence-electron chi connectivity index (χ1n) is 8.40. The summed E-state index contributed by atoms with van der Waals surface area (Å²) in [6, 6.07) is 12.5. The Morgan fingerprint density at radius 3 is 2.35 bits per heavy atom. The van der Waals surface area contributed by atoms with Crippen LogP contribution in [0.3, 0.4) is 0 Å². The summed E-state index contributed by atoms with van der Waals surface area (Å²) in [6.07, 6.45) is 0.667. The number of hydrogen-bond donors (Lipinski definition) is 1. The van der Waals surface area contributed by atoms with Crippen molar-refractivity contribution in [2.45, 2.75) is 26.3 Å². The minimum absolute atomic E-state index is 0.0120. The van der Waals surface area contributed by atoms with E-state index >= 15 is 0 Å². The van der Waals surface area contributed by atoms with Crippen LogP contribution in [0.5, 0.6) is 0 Å². The maximum atomic E-state index is 14.3. The minimum Gasteiger partial charge on any atom is -0.465 e. The Morgan fingerprint density at radius 1 is 1.12 bits per heavy atom. The number of nitrogens with zero attached hydrogens (tertiary/aromatic N) is 1. The molecule has 136 valence electrons. The molecule has 3 nitrogen and oxygen atoms in total. The van der Waals surface area contributed by atoms with Crippen molar-refractivity contribution < 1.29 is 18.7 Å². The van der Waals surface area contributed by atoms with Crippen molar-refractivity contribution in [1.29, 1.82) is 0 Å². The van der Waals surface area contributed by atoms with Gasteiger partial charge in [-0.25, -0.2) is 13.6 Å². The Balaban J connectivity index is 2.28. The predicted molar refractivity (Wildman–Crippen MR) is 96.6 cm³/mol. The van der Waals surface area contributed by atoms with Crippen LogP contribution >= 0.6 is 0 Å². The summed E-state index contributed by atoms with van der Waals surface area (Å²) < 4.78 is 28.0. The molecular weight excluding hydrogens is 336 g/mol. The lowest BCUT2D eigenvalue weighted by Crippen LogP contribution is -2.52. The molecule has 0 radical (unpaired) electrons. The Hall–Kier alpha value is -2.69. The Morgan fingerprint density at radius 2 is 1.77 bits per heavy atom. The molecule has 0 unspecified atom stereocenters. The lowest BCUT2D eigenvalue weighted by Gasteiger charge is -2.46. The third kappa shape index (κ3) is 2.77. The monoisotopic (exact) mass is 357 g/mol. The summed E-state index contributed by atoms with van der Waals surface area (Å²) >= 11 is 0. The van der Waals surface area contributed by atoms with Gasteiger partial charge in [0, 0.05) is 5.56 Å². The van der Waals surface area contributed by atoms with E-state index in [9.17, 15) is 18.7 Å². The van der Waals surface area contributed by atoms with E-state index in [1.54, 1.807) is 6.08 Å². The zero-order valence-electron chi connectivity index (χ0n) is 15.0. The van der Waals surface area contributed by atoms with Crippen molar-refractivity contribution in [2.75, 3.05) is 6.54 Å². The maximum Gasteiger partial charge on any atom is 0.408 e. The zero-order chi connectivity index (χ0) is 19.1. The zero-order valence-corrected chi connectivity index (χ0v) is 15.0. The second kappa shape index (κ2) is 6.24. The van der Waals surface area contributed by atoms with E-state index in [4.69, 9.17) is 0 Å². The highest BCUT2D eigenvalue weighted by Gasteiger charge is 2.52. The Kier molecular flexibility index (Phi) is 4.34. The molecule has 1 aliphatic rings. The van der Waals surface area contributed by atoms with Gasteiger partial charge in [-0.15, -0.1) is 0 Å². The molecule has 0 saturated heterocycles. The van der Waals surface area contributed by atoms with E-state index in [1.807, 2.05) is 51.1 Å². The van der Waals surface area contributed by atoms with Gasteiger partial charge in [0.25, 0.3) is 0 Å². The van der Waals surface area contributed by atoms with Crippen LogP contribution in [-0.2, 0) is 5.54 Å². The number of rotatable bonds is 2. The van der Waals surface area contributed by atoms with E-state index in [0.29, 0.717) is 5.57 Å². The number of amides is 1. The van der Waals surface area contributed by atoms with Crippen molar-refractivity contribution in [3.05, 3.63) is 77.4 Å². The van der Waals surface area contributed by atoms with E-state index in [-0.39, 0.29) is 12.1 Å². The molecule has 0 fully saturated rings. The maximum absolute atomic E-state index is 14.3. The Bertz CT molecular complexity index is 871. The van der Waals surface area contributed by atoms with E-state index < -0.39 is 28.7 Å². The molecule has 1 heterocycles. The SMILES string of the molecule is CC(C)(C)[C@]1(c2ccccc2)C=C(c2cc(F)ccc2F)CN1C(=O)O. The van der Waals surface area contributed by atoms with Gasteiger partial charge in [-0.1, -0.05) is 51.1 Å². The van der Waals surface area contributed by atoms with Gasteiger partial charge in [0.05, 0.1) is 12.1 Å². The molecule has 2 aromatic carbocycles. The quantitative estimate of drug-likeness (QED) is 0.794. The van der Waals surface area contributed by atoms with Gasteiger partial charge >= 0.3 is 6.09 Å². The van der Waals surface area contributed by atoms with E-state index in [1.165, 1.54) is 4.90 Å². The second-order valence-electron chi connectivity index (χ2n) is 7.54. The lowest BCUT2D eigenvalue weighted by atomic mass is 9.69. The van der Waals surface area contributed by atoms with Gasteiger partial charge in [-0.3, -0.25) is 4.90 Å². The van der Waals surface area contributed by atoms with Gasteiger partial charge in [0.2, 0.25) is 0 Å². The molecule has 0 bridgehead atoms. The van der Waals surface area contributed by atoms with Gasteiger partial charge in [0.1, 0.15) is 11.6 Å². The first-order chi connectivity index (χ1) is 12.2. The van der Waals surface area contributed by atoms with Crippen LogP contribution in [0.2, 0.25) is 0 Å². The molecule has 1 aliphatic heterocycles. The standard InChI is InChI=1S/C21H21F2NO2/c1-20(2,3)21(15-7-5-4-6-8-15)12-14(13-24(21)19(25)26)17-11-16(22)9-10-18(17)23/h4-12H,13H2,1-3H3,(H,25,26)/t21-/m1/s1. The number of benzene rings is 2. The average Bonchev–Trinajstić information content (AvgIpc) is 3.00. The largest absolute Gasteiger partial charge is 0.465 e. The average molecular weight is 357 g/mol. The van der Waals surface area contributed by atoms with Crippen LogP contribution in [0, 0.1) is 17.0 Å². The first kappa shape index (κ1) is 18.1. The van der Waals surface area contributed by atoms with Gasteiger partial charge in [0.15, 0.2) is 0 Å². The normalized spacial score (nSPS) is 20.2. The van der Waals surface area contributed by atoms with Crippen LogP contribution in [0.4, 0.5) is 13.6 Å². The van der Waals surface area contributed by atoms with Crippen LogP contribution in [0.1, 0.15) is 31.9 Å². The van der Waals surface area contributed by atoms with Gasteiger partial charge in [-0.05, 0) is 40.8 Å². The van der Waals surface area contributed by atoms with Crippen LogP contribution < -0.4 is 0 Å². The van der Waals surface area contributed by atoms with Crippen molar-refractivity contribution in [3.63, 3.8) is 0 Å². The predicted octanol–water partition coefficient (Wildman–Crippen LogP) is 5.28. The van der Waals surface area contributed by atoms with Gasteiger partial charge in [-0.2, -0.15) is 0 Å². The van der Waals surface area contributed by atoms with Crippen molar-refractivity contribution >= 4 is 11.7 Å². The molecular formula is C21H21F2NO2. The fourth-order valence-corrected chi connectivity index (χ4v) is 3.78. The molecule has 26 heavy (non-hydrogen) atoms. The molecule has 3 rings (SSSR count). The number of hydrogen-bond acceptors (Lipinski definition) is 1.